The lowest BCUT2D eigenvalue weighted by Crippen LogP contribution is -2.27. The average Bonchev–Trinajstić information content (AvgIpc) is 2.87. The van der Waals surface area contributed by atoms with E-state index in [2.05, 4.69) is 21.5 Å². The third-order valence-electron chi connectivity index (χ3n) is 4.70. The van der Waals surface area contributed by atoms with Gasteiger partial charge in [-0.3, -0.25) is 9.58 Å². The van der Waals surface area contributed by atoms with E-state index in [0.717, 1.165) is 24.9 Å². The van der Waals surface area contributed by atoms with E-state index >= 15 is 0 Å². The van der Waals surface area contributed by atoms with E-state index in [4.69, 9.17) is 4.74 Å². The molecule has 5 heteroatoms. The van der Waals surface area contributed by atoms with Crippen molar-refractivity contribution >= 4 is 5.69 Å². The van der Waals surface area contributed by atoms with Gasteiger partial charge in [-0.15, -0.1) is 0 Å². The van der Waals surface area contributed by atoms with Gasteiger partial charge in [0.1, 0.15) is 0 Å². The fraction of sp³-hybridized carbons (Fsp3) is 0.800. The van der Waals surface area contributed by atoms with Crippen molar-refractivity contribution in [2.75, 3.05) is 25.0 Å². The molecule has 1 aromatic rings. The van der Waals surface area contributed by atoms with Crippen molar-refractivity contribution in [3.63, 3.8) is 0 Å². The van der Waals surface area contributed by atoms with Crippen molar-refractivity contribution in [2.24, 2.45) is 0 Å². The van der Waals surface area contributed by atoms with Gasteiger partial charge in [-0.1, -0.05) is 0 Å². The Labute approximate surface area is 120 Å². The van der Waals surface area contributed by atoms with E-state index in [-0.39, 0.29) is 0 Å². The molecule has 5 nitrogen and oxygen atoms in total. The van der Waals surface area contributed by atoms with Crippen LogP contribution < -0.4 is 5.32 Å². The molecule has 2 aliphatic heterocycles. The Balaban J connectivity index is 1.29. The van der Waals surface area contributed by atoms with Gasteiger partial charge < -0.3 is 10.1 Å². The first-order valence-electron chi connectivity index (χ1n) is 8.01. The van der Waals surface area contributed by atoms with Crippen LogP contribution in [-0.4, -0.2) is 52.6 Å². The molecule has 1 N–H and O–H groups in total. The summed E-state index contributed by atoms with van der Waals surface area (Å²) in [5, 5.41) is 8.08. The molecule has 3 aliphatic rings. The zero-order chi connectivity index (χ0) is 13.4. The summed E-state index contributed by atoms with van der Waals surface area (Å²) in [5.74, 6) is 0. The Kier molecular flexibility index (Phi) is 3.40. The molecule has 3 fully saturated rings. The first-order valence-corrected chi connectivity index (χ1v) is 8.01. The maximum absolute atomic E-state index is 5.66. The fourth-order valence-corrected chi connectivity index (χ4v) is 3.45. The number of rotatable bonds is 5. The van der Waals surface area contributed by atoms with Gasteiger partial charge in [0.05, 0.1) is 24.5 Å². The third-order valence-corrected chi connectivity index (χ3v) is 4.70. The van der Waals surface area contributed by atoms with Crippen LogP contribution in [0.15, 0.2) is 12.4 Å². The molecular weight excluding hydrogens is 252 g/mol. The van der Waals surface area contributed by atoms with Gasteiger partial charge in [-0.25, -0.2) is 0 Å². The highest BCUT2D eigenvalue weighted by atomic mass is 16.5. The van der Waals surface area contributed by atoms with Crippen LogP contribution in [0.1, 0.15) is 32.1 Å². The lowest BCUT2D eigenvalue weighted by Gasteiger charge is -2.15. The van der Waals surface area contributed by atoms with E-state index in [1.54, 1.807) is 0 Å². The summed E-state index contributed by atoms with van der Waals surface area (Å²) >= 11 is 0. The van der Waals surface area contributed by atoms with Gasteiger partial charge in [0, 0.05) is 38.0 Å². The van der Waals surface area contributed by atoms with Crippen molar-refractivity contribution in [2.45, 2.75) is 56.8 Å². The molecule has 2 unspecified atom stereocenters. The van der Waals surface area contributed by atoms with Crippen molar-refractivity contribution < 1.29 is 4.74 Å². The first-order chi connectivity index (χ1) is 9.87. The van der Waals surface area contributed by atoms with E-state index in [9.17, 15) is 0 Å². The largest absolute Gasteiger partial charge is 0.378 e. The van der Waals surface area contributed by atoms with E-state index in [1.807, 2.05) is 10.9 Å². The molecule has 3 heterocycles. The van der Waals surface area contributed by atoms with Gasteiger partial charge in [-0.2, -0.15) is 5.10 Å². The standard InChI is InChI=1S/C15H24N4O/c1-2-15(20-7-1)11-19-10-13(8-16-19)17-12-5-6-18(9-12)14-3-4-14/h8,10,12,14-15,17H,1-7,9,11H2. The lowest BCUT2D eigenvalue weighted by atomic mass is 10.2. The zero-order valence-corrected chi connectivity index (χ0v) is 12.0. The van der Waals surface area contributed by atoms with Crippen LogP contribution in [0.3, 0.4) is 0 Å². The van der Waals surface area contributed by atoms with Crippen LogP contribution >= 0.6 is 0 Å². The Hall–Kier alpha value is -1.07. The highest BCUT2D eigenvalue weighted by Gasteiger charge is 2.34. The number of aromatic nitrogens is 2. The summed E-state index contributed by atoms with van der Waals surface area (Å²) in [7, 11) is 0. The minimum atomic E-state index is 0.361. The normalized spacial score (nSPS) is 31.0. The molecule has 1 aromatic heterocycles. The van der Waals surface area contributed by atoms with Gasteiger partial charge >= 0.3 is 0 Å². The van der Waals surface area contributed by atoms with Gasteiger partial charge in [0.2, 0.25) is 0 Å². The molecule has 0 aromatic carbocycles. The molecule has 20 heavy (non-hydrogen) atoms. The van der Waals surface area contributed by atoms with Crippen molar-refractivity contribution in [1.82, 2.24) is 14.7 Å². The van der Waals surface area contributed by atoms with Crippen molar-refractivity contribution in [3.8, 4) is 0 Å². The molecule has 2 atom stereocenters. The highest BCUT2D eigenvalue weighted by Crippen LogP contribution is 2.30. The maximum Gasteiger partial charge on any atom is 0.0771 e. The van der Waals surface area contributed by atoms with E-state index in [1.165, 1.54) is 45.2 Å². The van der Waals surface area contributed by atoms with E-state index < -0.39 is 0 Å². The summed E-state index contributed by atoms with van der Waals surface area (Å²) in [6, 6.07) is 1.49. The number of ether oxygens (including phenoxy) is 1. The molecule has 110 valence electrons. The number of hydrogen-bond acceptors (Lipinski definition) is 4. The van der Waals surface area contributed by atoms with Gasteiger partial charge in [-0.05, 0) is 32.1 Å². The smallest absolute Gasteiger partial charge is 0.0771 e. The molecule has 2 saturated heterocycles. The topological polar surface area (TPSA) is 42.3 Å². The minimum Gasteiger partial charge on any atom is -0.378 e. The third kappa shape index (κ3) is 2.83. The van der Waals surface area contributed by atoms with Gasteiger partial charge in [0.25, 0.3) is 0 Å². The van der Waals surface area contributed by atoms with Crippen LogP contribution in [0.2, 0.25) is 0 Å². The molecule has 4 rings (SSSR count). The monoisotopic (exact) mass is 276 g/mol. The second-order valence-corrected chi connectivity index (χ2v) is 6.44. The van der Waals surface area contributed by atoms with Crippen LogP contribution in [-0.2, 0) is 11.3 Å². The minimum absolute atomic E-state index is 0.361. The predicted octanol–water partition coefficient (Wildman–Crippen LogP) is 1.71. The summed E-state index contributed by atoms with van der Waals surface area (Å²) in [4.78, 5) is 2.63. The van der Waals surface area contributed by atoms with Crippen LogP contribution in [0.4, 0.5) is 5.69 Å². The van der Waals surface area contributed by atoms with Gasteiger partial charge in [0.15, 0.2) is 0 Å². The molecule has 0 spiro atoms. The number of likely N-dealkylation sites (tertiary alicyclic amines) is 1. The van der Waals surface area contributed by atoms with Crippen molar-refractivity contribution in [1.29, 1.82) is 0 Å². The lowest BCUT2D eigenvalue weighted by molar-refractivity contribution is 0.0940. The number of anilines is 1. The Morgan fingerprint density at radius 3 is 3.05 bits per heavy atom. The summed E-state index contributed by atoms with van der Waals surface area (Å²) in [5.41, 5.74) is 1.16. The molecular formula is C15H24N4O. The predicted molar refractivity (Wildman–Crippen MR) is 77.8 cm³/mol. The average molecular weight is 276 g/mol. The number of nitrogens with one attached hydrogen (secondary N) is 1. The SMILES string of the molecule is c1nn(CC2CCCO2)cc1NC1CCN(C2CC2)C1. The van der Waals surface area contributed by atoms with Crippen LogP contribution in [0.5, 0.6) is 0 Å². The first kappa shape index (κ1) is 12.7. The quantitative estimate of drug-likeness (QED) is 0.889. The highest BCUT2D eigenvalue weighted by molar-refractivity contribution is 5.39. The van der Waals surface area contributed by atoms with E-state index in [0.29, 0.717) is 12.1 Å². The molecule has 1 saturated carbocycles. The maximum atomic E-state index is 5.66. The molecule has 0 radical (unpaired) electrons. The second-order valence-electron chi connectivity index (χ2n) is 6.44. The molecule has 0 amide bonds. The number of hydrogen-bond donors (Lipinski definition) is 1. The summed E-state index contributed by atoms with van der Waals surface area (Å²) in [6.45, 7) is 4.25. The fourth-order valence-electron chi connectivity index (χ4n) is 3.45. The summed E-state index contributed by atoms with van der Waals surface area (Å²) < 4.78 is 7.68. The van der Waals surface area contributed by atoms with Crippen molar-refractivity contribution in [3.05, 3.63) is 12.4 Å². The second kappa shape index (κ2) is 5.37. The van der Waals surface area contributed by atoms with Crippen LogP contribution in [0, 0.1) is 0 Å². The number of nitrogens with zero attached hydrogens (tertiary/aromatic N) is 3. The van der Waals surface area contributed by atoms with Crippen LogP contribution in [0.25, 0.3) is 0 Å². The molecule has 0 bridgehead atoms. The molecule has 1 aliphatic carbocycles. The zero-order valence-electron chi connectivity index (χ0n) is 12.0. The Bertz CT molecular complexity index is 450. The Morgan fingerprint density at radius 1 is 1.30 bits per heavy atom. The Morgan fingerprint density at radius 2 is 2.25 bits per heavy atom. The summed E-state index contributed by atoms with van der Waals surface area (Å²) in [6.07, 6.45) is 10.9.